The van der Waals surface area contributed by atoms with Crippen LogP contribution in [-0.4, -0.2) is 40.8 Å². The minimum Gasteiger partial charge on any atom is -0.461 e. The first-order chi connectivity index (χ1) is 13.9. The molecule has 7 heteroatoms. The molecule has 29 heavy (non-hydrogen) atoms. The maximum atomic E-state index is 13.1. The molecule has 0 bridgehead atoms. The van der Waals surface area contributed by atoms with Gasteiger partial charge in [-0.1, -0.05) is 38.1 Å². The van der Waals surface area contributed by atoms with Crippen molar-refractivity contribution in [1.29, 1.82) is 0 Å². The standard InChI is InChI=1S/C22H29N3O4/c1-5-17(28-15(4)26)13-24-21(27)22(14(2)3)12-19(25-29-22)20-18-9-7-6-8-16(18)10-11-23-20/h7,9-11,14,17H,5-6,8,12-13H2,1-4H3,(H,24,27). The number of nitrogens with zero attached hydrogens (tertiary/aromatic N) is 2. The normalized spacial score (nSPS) is 21.2. The molecule has 1 aromatic heterocycles. The predicted octanol–water partition coefficient (Wildman–Crippen LogP) is 3.02. The summed E-state index contributed by atoms with van der Waals surface area (Å²) in [5.74, 6) is -0.717. The summed E-state index contributed by atoms with van der Waals surface area (Å²) in [6.45, 7) is 7.39. The Morgan fingerprint density at radius 2 is 2.17 bits per heavy atom. The SMILES string of the molecule is CCC(CNC(=O)C1(C(C)C)CC(c2nccc3c2C=CCC3)=NO1)OC(C)=O. The lowest BCUT2D eigenvalue weighted by molar-refractivity contribution is -0.153. The Morgan fingerprint density at radius 1 is 1.38 bits per heavy atom. The summed E-state index contributed by atoms with van der Waals surface area (Å²) in [5.41, 5.74) is 2.65. The number of hydrogen-bond acceptors (Lipinski definition) is 6. The van der Waals surface area contributed by atoms with Crippen LogP contribution < -0.4 is 5.32 Å². The Bertz CT molecular complexity index is 846. The number of rotatable bonds is 7. The molecule has 0 fully saturated rings. The molecule has 7 nitrogen and oxygen atoms in total. The van der Waals surface area contributed by atoms with Gasteiger partial charge in [-0.2, -0.15) is 0 Å². The summed E-state index contributed by atoms with van der Waals surface area (Å²) in [6, 6.07) is 2.03. The van der Waals surface area contributed by atoms with Gasteiger partial charge in [0.25, 0.3) is 5.91 Å². The Balaban J connectivity index is 1.76. The summed E-state index contributed by atoms with van der Waals surface area (Å²) in [6.07, 6.45) is 8.57. The third kappa shape index (κ3) is 4.33. The largest absolute Gasteiger partial charge is 0.461 e. The first kappa shape index (κ1) is 21.0. The van der Waals surface area contributed by atoms with Gasteiger partial charge < -0.3 is 14.9 Å². The van der Waals surface area contributed by atoms with E-state index in [1.165, 1.54) is 12.5 Å². The second kappa shape index (κ2) is 8.76. The fourth-order valence-corrected chi connectivity index (χ4v) is 3.72. The number of fused-ring (bicyclic) bond motifs is 1. The average molecular weight is 399 g/mol. The lowest BCUT2D eigenvalue weighted by Gasteiger charge is -2.30. The monoisotopic (exact) mass is 399 g/mol. The second-order valence-corrected chi connectivity index (χ2v) is 7.87. The van der Waals surface area contributed by atoms with E-state index in [4.69, 9.17) is 9.57 Å². The highest BCUT2D eigenvalue weighted by Gasteiger charge is 2.50. The summed E-state index contributed by atoms with van der Waals surface area (Å²) in [5, 5.41) is 7.17. The number of oxime groups is 1. The van der Waals surface area contributed by atoms with Gasteiger partial charge >= 0.3 is 5.97 Å². The molecule has 2 heterocycles. The fourth-order valence-electron chi connectivity index (χ4n) is 3.72. The van der Waals surface area contributed by atoms with Crippen LogP contribution in [0.3, 0.4) is 0 Å². The van der Waals surface area contributed by atoms with E-state index in [9.17, 15) is 9.59 Å². The number of nitrogens with one attached hydrogen (secondary N) is 1. The zero-order chi connectivity index (χ0) is 21.0. The molecular weight excluding hydrogens is 370 g/mol. The Hall–Kier alpha value is -2.70. The lowest BCUT2D eigenvalue weighted by atomic mass is 9.83. The Kier molecular flexibility index (Phi) is 6.35. The maximum absolute atomic E-state index is 13.1. The summed E-state index contributed by atoms with van der Waals surface area (Å²) in [7, 11) is 0. The fraction of sp³-hybridized carbons (Fsp3) is 0.545. The molecule has 1 aliphatic carbocycles. The molecule has 2 unspecified atom stereocenters. The molecule has 2 atom stereocenters. The van der Waals surface area contributed by atoms with Crippen molar-refractivity contribution in [3.8, 4) is 0 Å². The lowest BCUT2D eigenvalue weighted by Crippen LogP contribution is -2.52. The van der Waals surface area contributed by atoms with E-state index in [1.807, 2.05) is 26.8 Å². The van der Waals surface area contributed by atoms with Gasteiger partial charge in [0.15, 0.2) is 0 Å². The van der Waals surface area contributed by atoms with Gasteiger partial charge in [0.05, 0.1) is 12.2 Å². The van der Waals surface area contributed by atoms with E-state index >= 15 is 0 Å². The summed E-state index contributed by atoms with van der Waals surface area (Å²) in [4.78, 5) is 34.6. The average Bonchev–Trinajstić information content (AvgIpc) is 3.17. The van der Waals surface area contributed by atoms with E-state index < -0.39 is 5.60 Å². The predicted molar refractivity (Wildman–Crippen MR) is 110 cm³/mol. The van der Waals surface area contributed by atoms with Crippen molar-refractivity contribution in [3.05, 3.63) is 35.2 Å². The molecular formula is C22H29N3O4. The molecule has 156 valence electrons. The van der Waals surface area contributed by atoms with Crippen LogP contribution in [0.5, 0.6) is 0 Å². The molecule has 3 rings (SSSR count). The van der Waals surface area contributed by atoms with Crippen molar-refractivity contribution < 1.29 is 19.2 Å². The number of pyridine rings is 1. The summed E-state index contributed by atoms with van der Waals surface area (Å²) >= 11 is 0. The summed E-state index contributed by atoms with van der Waals surface area (Å²) < 4.78 is 5.22. The van der Waals surface area contributed by atoms with Crippen molar-refractivity contribution in [2.45, 2.75) is 65.1 Å². The molecule has 1 aliphatic heterocycles. The molecule has 1 amide bonds. The van der Waals surface area contributed by atoms with Gasteiger partial charge in [-0.15, -0.1) is 0 Å². The number of ether oxygens (including phenoxy) is 1. The highest BCUT2D eigenvalue weighted by molar-refractivity contribution is 6.06. The van der Waals surface area contributed by atoms with Gasteiger partial charge in [0.1, 0.15) is 11.8 Å². The first-order valence-corrected chi connectivity index (χ1v) is 10.2. The van der Waals surface area contributed by atoms with Gasteiger partial charge in [0, 0.05) is 31.0 Å². The smallest absolute Gasteiger partial charge is 0.302 e. The van der Waals surface area contributed by atoms with Crippen molar-refractivity contribution in [3.63, 3.8) is 0 Å². The number of esters is 1. The molecule has 0 saturated heterocycles. The van der Waals surface area contributed by atoms with Gasteiger partial charge in [-0.05, 0) is 30.9 Å². The third-order valence-corrected chi connectivity index (χ3v) is 5.56. The van der Waals surface area contributed by atoms with Crippen LogP contribution in [0.2, 0.25) is 0 Å². The maximum Gasteiger partial charge on any atom is 0.302 e. The molecule has 0 aromatic carbocycles. The van der Waals surface area contributed by atoms with Crippen LogP contribution in [0.15, 0.2) is 23.5 Å². The third-order valence-electron chi connectivity index (χ3n) is 5.56. The molecule has 0 saturated carbocycles. The Labute approximate surface area is 171 Å². The van der Waals surface area contributed by atoms with E-state index in [-0.39, 0.29) is 30.4 Å². The number of hydrogen-bond donors (Lipinski definition) is 1. The van der Waals surface area contributed by atoms with Crippen LogP contribution in [0.25, 0.3) is 6.08 Å². The molecule has 0 radical (unpaired) electrons. The quantitative estimate of drug-likeness (QED) is 0.712. The van der Waals surface area contributed by atoms with Crippen molar-refractivity contribution in [1.82, 2.24) is 10.3 Å². The topological polar surface area (TPSA) is 89.9 Å². The first-order valence-electron chi connectivity index (χ1n) is 10.2. The van der Waals surface area contributed by atoms with Crippen molar-refractivity contribution in [2.75, 3.05) is 6.54 Å². The minimum absolute atomic E-state index is 0.104. The van der Waals surface area contributed by atoms with Crippen LogP contribution >= 0.6 is 0 Å². The number of amides is 1. The van der Waals surface area contributed by atoms with E-state index in [0.29, 0.717) is 18.6 Å². The number of aryl methyl sites for hydroxylation is 1. The number of allylic oxidation sites excluding steroid dienone is 1. The molecule has 0 spiro atoms. The molecule has 1 aromatic rings. The van der Waals surface area contributed by atoms with Gasteiger partial charge in [0.2, 0.25) is 5.60 Å². The van der Waals surface area contributed by atoms with Crippen LogP contribution in [0.1, 0.15) is 63.8 Å². The minimum atomic E-state index is -1.10. The second-order valence-electron chi connectivity index (χ2n) is 7.87. The number of carbonyl (C=O) groups is 2. The van der Waals surface area contributed by atoms with Crippen molar-refractivity contribution in [2.24, 2.45) is 11.1 Å². The zero-order valence-electron chi connectivity index (χ0n) is 17.5. The number of aromatic nitrogens is 1. The van der Waals surface area contributed by atoms with Gasteiger partial charge in [-0.3, -0.25) is 14.6 Å². The van der Waals surface area contributed by atoms with Crippen LogP contribution in [-0.2, 0) is 25.6 Å². The van der Waals surface area contributed by atoms with Gasteiger partial charge in [-0.25, -0.2) is 0 Å². The Morgan fingerprint density at radius 3 is 2.86 bits per heavy atom. The highest BCUT2D eigenvalue weighted by Crippen LogP contribution is 2.35. The van der Waals surface area contributed by atoms with E-state index in [1.54, 1.807) is 6.20 Å². The molecule has 2 aliphatic rings. The van der Waals surface area contributed by atoms with E-state index in [0.717, 1.165) is 24.1 Å². The number of carbonyl (C=O) groups excluding carboxylic acids is 2. The van der Waals surface area contributed by atoms with E-state index in [2.05, 4.69) is 27.6 Å². The zero-order valence-corrected chi connectivity index (χ0v) is 17.5. The van der Waals surface area contributed by atoms with Crippen molar-refractivity contribution >= 4 is 23.7 Å². The van der Waals surface area contributed by atoms with Crippen LogP contribution in [0, 0.1) is 5.92 Å². The molecule has 1 N–H and O–H groups in total. The van der Waals surface area contributed by atoms with Crippen LogP contribution in [0.4, 0.5) is 0 Å². The highest BCUT2D eigenvalue weighted by atomic mass is 16.7.